The van der Waals surface area contributed by atoms with E-state index in [0.717, 1.165) is 64.5 Å². The Labute approximate surface area is 150 Å². The third-order valence-electron chi connectivity index (χ3n) is 5.31. The standard InChI is InChI=1S/C19H31N3O3/c1-14-16(17(20-25-14)19(2,3)4)18(23)22-7-5-15(6-8-22)13-21-9-11-24-12-10-21/h15H,5-13H2,1-4H3. The van der Waals surface area contributed by atoms with Gasteiger partial charge < -0.3 is 14.2 Å². The molecule has 0 saturated carbocycles. The fourth-order valence-corrected chi connectivity index (χ4v) is 3.76. The Morgan fingerprint density at radius 2 is 1.80 bits per heavy atom. The number of piperidine rings is 1. The molecule has 3 heterocycles. The Morgan fingerprint density at radius 1 is 1.16 bits per heavy atom. The number of hydrogen-bond donors (Lipinski definition) is 0. The van der Waals surface area contributed by atoms with Crippen LogP contribution >= 0.6 is 0 Å². The largest absolute Gasteiger partial charge is 0.379 e. The van der Waals surface area contributed by atoms with Gasteiger partial charge in [-0.2, -0.15) is 0 Å². The Kier molecular flexibility index (Phi) is 5.49. The van der Waals surface area contributed by atoms with E-state index in [4.69, 9.17) is 9.26 Å². The zero-order chi connectivity index (χ0) is 18.0. The third kappa shape index (κ3) is 4.23. The number of likely N-dealkylation sites (tertiary alicyclic amines) is 1. The van der Waals surface area contributed by atoms with Crippen LogP contribution in [0.2, 0.25) is 0 Å². The fraction of sp³-hybridized carbons (Fsp3) is 0.789. The molecule has 2 saturated heterocycles. The summed E-state index contributed by atoms with van der Waals surface area (Å²) in [5.41, 5.74) is 1.24. The molecular weight excluding hydrogens is 318 g/mol. The highest BCUT2D eigenvalue weighted by atomic mass is 16.5. The van der Waals surface area contributed by atoms with Crippen LogP contribution < -0.4 is 0 Å². The molecule has 1 aromatic heterocycles. The van der Waals surface area contributed by atoms with Gasteiger partial charge in [0.05, 0.1) is 13.2 Å². The van der Waals surface area contributed by atoms with E-state index in [1.807, 2.05) is 11.8 Å². The molecule has 140 valence electrons. The van der Waals surface area contributed by atoms with Gasteiger partial charge in [-0.05, 0) is 25.7 Å². The van der Waals surface area contributed by atoms with Gasteiger partial charge in [-0.15, -0.1) is 0 Å². The molecule has 0 spiro atoms. The number of morpholine rings is 1. The minimum Gasteiger partial charge on any atom is -0.379 e. The second kappa shape index (κ2) is 7.46. The molecular formula is C19H31N3O3. The van der Waals surface area contributed by atoms with Crippen LogP contribution in [-0.4, -0.2) is 66.8 Å². The SMILES string of the molecule is Cc1onc(C(C)(C)C)c1C(=O)N1CCC(CN2CCOCC2)CC1. The van der Waals surface area contributed by atoms with Crippen molar-refractivity contribution in [3.63, 3.8) is 0 Å². The molecule has 0 aliphatic carbocycles. The van der Waals surface area contributed by atoms with E-state index < -0.39 is 0 Å². The molecule has 0 atom stereocenters. The van der Waals surface area contributed by atoms with E-state index in [1.54, 1.807) is 0 Å². The smallest absolute Gasteiger partial charge is 0.259 e. The number of carbonyl (C=O) groups is 1. The maximum absolute atomic E-state index is 13.0. The van der Waals surface area contributed by atoms with E-state index in [1.165, 1.54) is 0 Å². The van der Waals surface area contributed by atoms with Crippen molar-refractivity contribution < 1.29 is 14.1 Å². The quantitative estimate of drug-likeness (QED) is 0.839. The second-order valence-corrected chi connectivity index (χ2v) is 8.36. The van der Waals surface area contributed by atoms with Crippen LogP contribution in [-0.2, 0) is 10.2 Å². The van der Waals surface area contributed by atoms with Gasteiger partial charge in [0.15, 0.2) is 0 Å². The van der Waals surface area contributed by atoms with Crippen molar-refractivity contribution in [2.24, 2.45) is 5.92 Å². The third-order valence-corrected chi connectivity index (χ3v) is 5.31. The van der Waals surface area contributed by atoms with Crippen molar-refractivity contribution in [1.29, 1.82) is 0 Å². The lowest BCUT2D eigenvalue weighted by molar-refractivity contribution is 0.0242. The number of aromatic nitrogens is 1. The van der Waals surface area contributed by atoms with Gasteiger partial charge in [0.1, 0.15) is 17.0 Å². The fourth-order valence-electron chi connectivity index (χ4n) is 3.76. The molecule has 2 aliphatic heterocycles. The van der Waals surface area contributed by atoms with Crippen LogP contribution in [0, 0.1) is 12.8 Å². The number of aryl methyl sites for hydroxylation is 1. The van der Waals surface area contributed by atoms with Gasteiger partial charge in [0.2, 0.25) is 0 Å². The number of rotatable bonds is 3. The molecule has 0 bridgehead atoms. The van der Waals surface area contributed by atoms with E-state index in [2.05, 4.69) is 30.8 Å². The molecule has 3 rings (SSSR count). The summed E-state index contributed by atoms with van der Waals surface area (Å²) < 4.78 is 10.8. The van der Waals surface area contributed by atoms with Gasteiger partial charge in [-0.1, -0.05) is 25.9 Å². The van der Waals surface area contributed by atoms with Gasteiger partial charge in [0.25, 0.3) is 5.91 Å². The molecule has 2 fully saturated rings. The summed E-state index contributed by atoms with van der Waals surface area (Å²) in [6.07, 6.45) is 2.14. The molecule has 0 radical (unpaired) electrons. The average molecular weight is 349 g/mol. The molecule has 2 aliphatic rings. The van der Waals surface area contributed by atoms with Crippen LogP contribution in [0.15, 0.2) is 4.52 Å². The van der Waals surface area contributed by atoms with Gasteiger partial charge in [0, 0.05) is 38.1 Å². The van der Waals surface area contributed by atoms with E-state index in [9.17, 15) is 4.79 Å². The van der Waals surface area contributed by atoms with Crippen LogP contribution in [0.25, 0.3) is 0 Å². The molecule has 0 unspecified atom stereocenters. The Hall–Kier alpha value is -1.40. The highest BCUT2D eigenvalue weighted by Gasteiger charge is 2.33. The predicted molar refractivity (Wildman–Crippen MR) is 95.8 cm³/mol. The zero-order valence-corrected chi connectivity index (χ0v) is 16.0. The van der Waals surface area contributed by atoms with Crippen molar-refractivity contribution in [3.8, 4) is 0 Å². The normalized spacial score (nSPS) is 20.9. The predicted octanol–water partition coefficient (Wildman–Crippen LogP) is 2.46. The summed E-state index contributed by atoms with van der Waals surface area (Å²) in [5, 5.41) is 4.15. The maximum Gasteiger partial charge on any atom is 0.259 e. The van der Waals surface area contributed by atoms with Crippen molar-refractivity contribution in [1.82, 2.24) is 15.0 Å². The minimum absolute atomic E-state index is 0.0773. The Bertz CT molecular complexity index is 592. The number of nitrogens with zero attached hydrogens (tertiary/aromatic N) is 3. The van der Waals surface area contributed by atoms with E-state index in [0.29, 0.717) is 17.2 Å². The van der Waals surface area contributed by atoms with Gasteiger partial charge >= 0.3 is 0 Å². The first-order valence-electron chi connectivity index (χ1n) is 9.42. The number of ether oxygens (including phenoxy) is 1. The molecule has 1 amide bonds. The molecule has 0 aromatic carbocycles. The Morgan fingerprint density at radius 3 is 2.40 bits per heavy atom. The highest BCUT2D eigenvalue weighted by molar-refractivity contribution is 5.96. The Balaban J connectivity index is 1.59. The van der Waals surface area contributed by atoms with Crippen LogP contribution in [0.3, 0.4) is 0 Å². The summed E-state index contributed by atoms with van der Waals surface area (Å²) in [4.78, 5) is 17.5. The van der Waals surface area contributed by atoms with Crippen molar-refractivity contribution in [2.75, 3.05) is 45.9 Å². The van der Waals surface area contributed by atoms with E-state index >= 15 is 0 Å². The van der Waals surface area contributed by atoms with Crippen LogP contribution in [0.4, 0.5) is 0 Å². The molecule has 25 heavy (non-hydrogen) atoms. The number of carbonyl (C=O) groups excluding carboxylic acids is 1. The lowest BCUT2D eigenvalue weighted by atomic mass is 9.88. The topological polar surface area (TPSA) is 58.8 Å². The summed E-state index contributed by atoms with van der Waals surface area (Å²) in [5.74, 6) is 1.38. The molecule has 6 nitrogen and oxygen atoms in total. The first-order chi connectivity index (χ1) is 11.9. The first kappa shape index (κ1) is 18.4. The minimum atomic E-state index is -0.197. The molecule has 6 heteroatoms. The second-order valence-electron chi connectivity index (χ2n) is 8.36. The molecule has 0 N–H and O–H groups in total. The highest BCUT2D eigenvalue weighted by Crippen LogP contribution is 2.29. The lowest BCUT2D eigenvalue weighted by Gasteiger charge is -2.36. The number of amides is 1. The number of hydrogen-bond acceptors (Lipinski definition) is 5. The van der Waals surface area contributed by atoms with Gasteiger partial charge in [-0.3, -0.25) is 9.69 Å². The maximum atomic E-state index is 13.0. The van der Waals surface area contributed by atoms with Crippen molar-refractivity contribution in [2.45, 2.75) is 46.0 Å². The van der Waals surface area contributed by atoms with Gasteiger partial charge in [-0.25, -0.2) is 0 Å². The first-order valence-corrected chi connectivity index (χ1v) is 9.42. The lowest BCUT2D eigenvalue weighted by Crippen LogP contribution is -2.44. The summed E-state index contributed by atoms with van der Waals surface area (Å²) in [6, 6.07) is 0. The molecule has 1 aromatic rings. The van der Waals surface area contributed by atoms with Crippen molar-refractivity contribution >= 4 is 5.91 Å². The van der Waals surface area contributed by atoms with Crippen LogP contribution in [0.5, 0.6) is 0 Å². The zero-order valence-electron chi connectivity index (χ0n) is 16.0. The van der Waals surface area contributed by atoms with Crippen molar-refractivity contribution in [3.05, 3.63) is 17.0 Å². The summed E-state index contributed by atoms with van der Waals surface area (Å²) in [7, 11) is 0. The summed E-state index contributed by atoms with van der Waals surface area (Å²) in [6.45, 7) is 14.6. The monoisotopic (exact) mass is 349 g/mol. The average Bonchev–Trinajstić information content (AvgIpc) is 2.98. The summed E-state index contributed by atoms with van der Waals surface area (Å²) >= 11 is 0. The van der Waals surface area contributed by atoms with E-state index in [-0.39, 0.29) is 11.3 Å². The van der Waals surface area contributed by atoms with Crippen LogP contribution in [0.1, 0.15) is 55.4 Å².